The smallest absolute Gasteiger partial charge is 0.164 e. The number of nitriles is 1. The van der Waals surface area contributed by atoms with Crippen molar-refractivity contribution < 1.29 is 0 Å². The first-order valence-electron chi connectivity index (χ1n) is 3.39. The molecule has 0 bridgehead atoms. The summed E-state index contributed by atoms with van der Waals surface area (Å²) in [5, 5.41) is 16.2. The van der Waals surface area contributed by atoms with Gasteiger partial charge in [0.2, 0.25) is 0 Å². The van der Waals surface area contributed by atoms with Crippen LogP contribution < -0.4 is 0 Å². The molecule has 0 unspecified atom stereocenters. The second-order valence-electron chi connectivity index (χ2n) is 2.43. The molecule has 0 aliphatic rings. The monoisotopic (exact) mass is 163 g/mol. The topological polar surface area (TPSA) is 57.2 Å². The van der Waals surface area contributed by atoms with Crippen LogP contribution in [0.5, 0.6) is 0 Å². The summed E-state index contributed by atoms with van der Waals surface area (Å²) in [6.45, 7) is 0. The van der Waals surface area contributed by atoms with Crippen LogP contribution in [-0.2, 0) is 0 Å². The van der Waals surface area contributed by atoms with Gasteiger partial charge >= 0.3 is 0 Å². The number of rotatable bonds is 2. The zero-order valence-corrected chi connectivity index (χ0v) is 6.97. The molecule has 0 amide bonds. The fourth-order valence-corrected chi connectivity index (χ4v) is 0.594. The van der Waals surface area contributed by atoms with Crippen LogP contribution in [0.3, 0.4) is 0 Å². The van der Waals surface area contributed by atoms with Crippen molar-refractivity contribution in [1.82, 2.24) is 14.8 Å². The van der Waals surface area contributed by atoms with Crippen molar-refractivity contribution in [2.75, 3.05) is 14.1 Å². The van der Waals surface area contributed by atoms with Crippen LogP contribution in [0, 0.1) is 11.3 Å². The maximum atomic E-state index is 8.44. The van der Waals surface area contributed by atoms with Crippen molar-refractivity contribution in [1.29, 1.82) is 5.26 Å². The van der Waals surface area contributed by atoms with Gasteiger partial charge in [-0.3, -0.25) is 0 Å². The standard InChI is InChI=1S/C7H9N5/c1-11(2)6-9-12-4-3-7(5-8)10-12/h3-4,6H,1-2H3. The first kappa shape index (κ1) is 8.27. The number of hydrogen-bond acceptors (Lipinski definition) is 3. The van der Waals surface area contributed by atoms with E-state index in [0.717, 1.165) is 0 Å². The highest BCUT2D eigenvalue weighted by Gasteiger charge is 1.92. The highest BCUT2D eigenvalue weighted by Crippen LogP contribution is 1.91. The van der Waals surface area contributed by atoms with E-state index in [0.29, 0.717) is 5.69 Å². The van der Waals surface area contributed by atoms with E-state index < -0.39 is 0 Å². The molecule has 0 saturated carbocycles. The molecule has 0 aromatic carbocycles. The second kappa shape index (κ2) is 3.53. The third kappa shape index (κ3) is 2.09. The van der Waals surface area contributed by atoms with Crippen molar-refractivity contribution in [3.05, 3.63) is 18.0 Å². The lowest BCUT2D eigenvalue weighted by molar-refractivity contribution is 0.621. The third-order valence-electron chi connectivity index (χ3n) is 1.09. The maximum absolute atomic E-state index is 8.44. The Kier molecular flexibility index (Phi) is 2.43. The Morgan fingerprint density at radius 1 is 1.75 bits per heavy atom. The quantitative estimate of drug-likeness (QED) is 0.459. The molecule has 0 fully saturated rings. The molecule has 1 aromatic rings. The highest BCUT2D eigenvalue weighted by molar-refractivity contribution is 5.53. The summed E-state index contributed by atoms with van der Waals surface area (Å²) < 4.78 is 0. The third-order valence-corrected chi connectivity index (χ3v) is 1.09. The molecular weight excluding hydrogens is 154 g/mol. The lowest BCUT2D eigenvalue weighted by Gasteiger charge is -2.00. The summed E-state index contributed by atoms with van der Waals surface area (Å²) in [5.41, 5.74) is 0.367. The van der Waals surface area contributed by atoms with Gasteiger partial charge in [-0.15, -0.1) is 10.2 Å². The number of nitrogens with zero attached hydrogens (tertiary/aromatic N) is 5. The minimum absolute atomic E-state index is 0.367. The number of aromatic nitrogens is 2. The van der Waals surface area contributed by atoms with Gasteiger partial charge in [0.05, 0.1) is 6.20 Å². The van der Waals surface area contributed by atoms with Gasteiger partial charge in [0, 0.05) is 14.1 Å². The molecule has 5 nitrogen and oxygen atoms in total. The molecule has 0 atom stereocenters. The summed E-state index contributed by atoms with van der Waals surface area (Å²) in [5.74, 6) is 0. The summed E-state index contributed by atoms with van der Waals surface area (Å²) in [7, 11) is 3.72. The minimum atomic E-state index is 0.367. The molecule has 0 radical (unpaired) electrons. The van der Waals surface area contributed by atoms with Gasteiger partial charge < -0.3 is 4.90 Å². The molecule has 0 aliphatic carbocycles. The van der Waals surface area contributed by atoms with E-state index in [-0.39, 0.29) is 0 Å². The Bertz CT molecular complexity index is 317. The van der Waals surface area contributed by atoms with Crippen molar-refractivity contribution >= 4 is 6.34 Å². The van der Waals surface area contributed by atoms with Gasteiger partial charge in [-0.2, -0.15) is 10.1 Å². The van der Waals surface area contributed by atoms with E-state index in [1.165, 1.54) is 4.79 Å². The molecule has 0 N–H and O–H groups in total. The van der Waals surface area contributed by atoms with Crippen LogP contribution in [0.15, 0.2) is 17.4 Å². The zero-order chi connectivity index (χ0) is 8.97. The van der Waals surface area contributed by atoms with Gasteiger partial charge in [0.15, 0.2) is 5.69 Å². The largest absolute Gasteiger partial charge is 0.367 e. The molecule has 0 saturated heterocycles. The van der Waals surface area contributed by atoms with E-state index in [9.17, 15) is 0 Å². The van der Waals surface area contributed by atoms with E-state index >= 15 is 0 Å². The molecule has 0 aliphatic heterocycles. The van der Waals surface area contributed by atoms with E-state index in [1.54, 1.807) is 23.5 Å². The predicted octanol–water partition coefficient (Wildman–Crippen LogP) is 0.108. The fraction of sp³-hybridized carbons (Fsp3) is 0.286. The summed E-state index contributed by atoms with van der Waals surface area (Å²) in [6.07, 6.45) is 3.23. The summed E-state index contributed by atoms with van der Waals surface area (Å²) >= 11 is 0. The normalized spacial score (nSPS) is 10.1. The fourth-order valence-electron chi connectivity index (χ4n) is 0.594. The number of hydrogen-bond donors (Lipinski definition) is 0. The molecule has 5 heteroatoms. The second-order valence-corrected chi connectivity index (χ2v) is 2.43. The Labute approximate surface area is 70.5 Å². The highest BCUT2D eigenvalue weighted by atomic mass is 15.5. The van der Waals surface area contributed by atoms with Crippen LogP contribution in [0.2, 0.25) is 0 Å². The van der Waals surface area contributed by atoms with Crippen molar-refractivity contribution in [2.24, 2.45) is 5.10 Å². The van der Waals surface area contributed by atoms with Crippen LogP contribution in [-0.4, -0.2) is 35.2 Å². The Hall–Kier alpha value is -1.83. The van der Waals surface area contributed by atoms with Crippen molar-refractivity contribution in [2.45, 2.75) is 0 Å². The Morgan fingerprint density at radius 3 is 3.00 bits per heavy atom. The van der Waals surface area contributed by atoms with Crippen molar-refractivity contribution in [3.8, 4) is 6.07 Å². The van der Waals surface area contributed by atoms with Crippen LogP contribution in [0.25, 0.3) is 0 Å². The van der Waals surface area contributed by atoms with E-state index in [4.69, 9.17) is 5.26 Å². The molecule has 0 spiro atoms. The molecule has 1 aromatic heterocycles. The summed E-state index contributed by atoms with van der Waals surface area (Å²) in [6, 6.07) is 3.52. The molecule has 62 valence electrons. The zero-order valence-electron chi connectivity index (χ0n) is 6.97. The maximum Gasteiger partial charge on any atom is 0.164 e. The predicted molar refractivity (Wildman–Crippen MR) is 44.5 cm³/mol. The Morgan fingerprint density at radius 2 is 2.50 bits per heavy atom. The average molecular weight is 163 g/mol. The molecular formula is C7H9N5. The van der Waals surface area contributed by atoms with Gasteiger partial charge in [0.25, 0.3) is 0 Å². The van der Waals surface area contributed by atoms with E-state index in [1.807, 2.05) is 20.2 Å². The van der Waals surface area contributed by atoms with Crippen molar-refractivity contribution in [3.63, 3.8) is 0 Å². The molecule has 12 heavy (non-hydrogen) atoms. The Balaban J connectivity index is 2.72. The first-order valence-corrected chi connectivity index (χ1v) is 3.39. The van der Waals surface area contributed by atoms with E-state index in [2.05, 4.69) is 10.2 Å². The van der Waals surface area contributed by atoms with Gasteiger partial charge in [0.1, 0.15) is 12.4 Å². The molecule has 1 rings (SSSR count). The minimum Gasteiger partial charge on any atom is -0.367 e. The van der Waals surface area contributed by atoms with Crippen LogP contribution in [0.4, 0.5) is 0 Å². The molecule has 1 heterocycles. The first-order chi connectivity index (χ1) is 5.72. The van der Waals surface area contributed by atoms with Crippen LogP contribution in [0.1, 0.15) is 5.69 Å². The lowest BCUT2D eigenvalue weighted by Crippen LogP contribution is -2.09. The van der Waals surface area contributed by atoms with Crippen LogP contribution >= 0.6 is 0 Å². The van der Waals surface area contributed by atoms with Gasteiger partial charge in [-0.25, -0.2) is 0 Å². The van der Waals surface area contributed by atoms with Gasteiger partial charge in [-0.1, -0.05) is 0 Å². The average Bonchev–Trinajstić information content (AvgIpc) is 2.48. The lowest BCUT2D eigenvalue weighted by atomic mass is 10.5. The van der Waals surface area contributed by atoms with Gasteiger partial charge in [-0.05, 0) is 6.07 Å². The summed E-state index contributed by atoms with van der Waals surface area (Å²) in [4.78, 5) is 3.13. The SMILES string of the molecule is CN(C)C=Nn1ccc(C#N)n1.